The Labute approximate surface area is 303 Å². The van der Waals surface area contributed by atoms with E-state index in [9.17, 15) is 24.3 Å². The number of amides is 5. The van der Waals surface area contributed by atoms with Crippen LogP contribution in [0.3, 0.4) is 0 Å². The van der Waals surface area contributed by atoms with E-state index in [1.807, 2.05) is 6.92 Å². The summed E-state index contributed by atoms with van der Waals surface area (Å²) >= 11 is 0. The first kappa shape index (κ1) is 37.7. The third-order valence-corrected chi connectivity index (χ3v) is 9.17. The van der Waals surface area contributed by atoms with Crippen LogP contribution in [-0.4, -0.2) is 84.3 Å². The molecule has 2 aliphatic heterocycles. The summed E-state index contributed by atoms with van der Waals surface area (Å²) in [5.74, 6) is 0.921. The Morgan fingerprint density at radius 3 is 2.33 bits per heavy atom. The molecule has 0 fully saturated rings. The standard InChI is InChI=1S/C38H48N6O8/c1-24-20-44(25(2)22-45)37(48)18-26-17-27(40-35(46)11-5-4-6-12-36(47)42-30-10-8-7-9-29(30)39)13-15-31(26)52-34(24)21-43(3)38(49)41-28-14-16-32-33(19-28)51-23-50-32/h7-10,13-17,19,24-25,34,45H,4-6,11-12,18,20-23,39H2,1-3H3,(H,40,46)(H,41,49)(H,42,47)/t24-,25-,34+/m1/s1. The lowest BCUT2D eigenvalue weighted by Crippen LogP contribution is -2.48. The van der Waals surface area contributed by atoms with E-state index in [1.54, 1.807) is 79.5 Å². The van der Waals surface area contributed by atoms with Crippen LogP contribution in [0.4, 0.5) is 27.5 Å². The van der Waals surface area contributed by atoms with Crippen molar-refractivity contribution in [3.8, 4) is 17.2 Å². The van der Waals surface area contributed by atoms with Gasteiger partial charge in [-0.05, 0) is 62.2 Å². The first-order valence-corrected chi connectivity index (χ1v) is 17.6. The van der Waals surface area contributed by atoms with E-state index in [0.29, 0.717) is 77.8 Å². The maximum absolute atomic E-state index is 13.6. The molecule has 52 heavy (non-hydrogen) atoms. The van der Waals surface area contributed by atoms with Crippen molar-refractivity contribution in [3.63, 3.8) is 0 Å². The number of unbranched alkanes of at least 4 members (excludes halogenated alkanes) is 2. The van der Waals surface area contributed by atoms with Gasteiger partial charge in [-0.2, -0.15) is 0 Å². The Morgan fingerprint density at radius 2 is 1.60 bits per heavy atom. The fourth-order valence-corrected chi connectivity index (χ4v) is 6.07. The van der Waals surface area contributed by atoms with E-state index in [0.717, 1.165) is 0 Å². The molecule has 3 aromatic carbocycles. The first-order chi connectivity index (χ1) is 25.0. The highest BCUT2D eigenvalue weighted by Gasteiger charge is 2.32. The predicted molar refractivity (Wildman–Crippen MR) is 197 cm³/mol. The lowest BCUT2D eigenvalue weighted by molar-refractivity contribution is -0.134. The van der Waals surface area contributed by atoms with Crippen molar-refractivity contribution in [2.45, 2.75) is 64.5 Å². The second-order valence-electron chi connectivity index (χ2n) is 13.3. The monoisotopic (exact) mass is 716 g/mol. The van der Waals surface area contributed by atoms with Gasteiger partial charge in [-0.1, -0.05) is 25.5 Å². The van der Waals surface area contributed by atoms with Crippen LogP contribution in [0.1, 0.15) is 51.5 Å². The number of ether oxygens (including phenoxy) is 3. The number of benzene rings is 3. The number of likely N-dealkylation sites (N-methyl/N-ethyl adjacent to an activating group) is 1. The van der Waals surface area contributed by atoms with Gasteiger partial charge in [0.1, 0.15) is 11.9 Å². The van der Waals surface area contributed by atoms with Gasteiger partial charge in [0.25, 0.3) is 0 Å². The topological polar surface area (TPSA) is 185 Å². The number of anilines is 4. The largest absolute Gasteiger partial charge is 0.488 e. The Balaban J connectivity index is 1.19. The lowest BCUT2D eigenvalue weighted by Gasteiger charge is -2.34. The molecule has 0 unspecified atom stereocenters. The molecule has 14 heteroatoms. The van der Waals surface area contributed by atoms with Gasteiger partial charge in [-0.3, -0.25) is 14.4 Å². The number of urea groups is 1. The van der Waals surface area contributed by atoms with Gasteiger partial charge in [0.15, 0.2) is 11.5 Å². The molecule has 0 aliphatic carbocycles. The van der Waals surface area contributed by atoms with Crippen LogP contribution in [0.15, 0.2) is 60.7 Å². The number of nitrogens with two attached hydrogens (primary N) is 1. The van der Waals surface area contributed by atoms with E-state index in [4.69, 9.17) is 19.9 Å². The van der Waals surface area contributed by atoms with Crippen molar-refractivity contribution in [2.75, 3.05) is 55.2 Å². The van der Waals surface area contributed by atoms with Crippen LogP contribution in [0.5, 0.6) is 17.2 Å². The molecule has 0 radical (unpaired) electrons. The van der Waals surface area contributed by atoms with Gasteiger partial charge < -0.3 is 50.8 Å². The Bertz CT molecular complexity index is 1750. The number of aliphatic hydroxyl groups excluding tert-OH is 1. The maximum Gasteiger partial charge on any atom is 0.321 e. The van der Waals surface area contributed by atoms with Crippen LogP contribution < -0.4 is 35.9 Å². The highest BCUT2D eigenvalue weighted by Crippen LogP contribution is 2.34. The average Bonchev–Trinajstić information content (AvgIpc) is 3.60. The van der Waals surface area contributed by atoms with E-state index >= 15 is 0 Å². The van der Waals surface area contributed by atoms with Gasteiger partial charge in [0.2, 0.25) is 24.5 Å². The summed E-state index contributed by atoms with van der Waals surface area (Å²) in [6.45, 7) is 4.16. The second kappa shape index (κ2) is 17.6. The number of nitrogens with one attached hydrogen (secondary N) is 3. The summed E-state index contributed by atoms with van der Waals surface area (Å²) < 4.78 is 17.3. The van der Waals surface area contributed by atoms with Crippen LogP contribution in [0, 0.1) is 5.92 Å². The minimum atomic E-state index is -0.516. The SMILES string of the molecule is C[C@@H]1CN([C@H](C)CO)C(=O)Cc2cc(NC(=O)CCCCCC(=O)Nc3ccccc3N)ccc2O[C@H]1CN(C)C(=O)Nc1ccc2c(c1)OCO2. The number of aliphatic hydroxyl groups is 1. The predicted octanol–water partition coefficient (Wildman–Crippen LogP) is 4.84. The minimum absolute atomic E-state index is 0.0000414. The van der Waals surface area contributed by atoms with Crippen molar-refractivity contribution in [1.29, 1.82) is 0 Å². The molecule has 0 saturated heterocycles. The maximum atomic E-state index is 13.6. The zero-order valence-corrected chi connectivity index (χ0v) is 29.9. The first-order valence-electron chi connectivity index (χ1n) is 17.6. The summed E-state index contributed by atoms with van der Waals surface area (Å²) in [6, 6.07) is 16.6. The number of hydrogen-bond acceptors (Lipinski definition) is 9. The summed E-state index contributed by atoms with van der Waals surface area (Å²) in [4.78, 5) is 55.1. The van der Waals surface area contributed by atoms with Gasteiger partial charge in [0.05, 0.1) is 37.0 Å². The zero-order valence-electron chi connectivity index (χ0n) is 29.9. The van der Waals surface area contributed by atoms with Crippen molar-refractivity contribution >= 4 is 46.5 Å². The number of hydrogen-bond donors (Lipinski definition) is 5. The molecule has 2 heterocycles. The van der Waals surface area contributed by atoms with Gasteiger partial charge in [-0.15, -0.1) is 0 Å². The number of rotatable bonds is 13. The van der Waals surface area contributed by atoms with Gasteiger partial charge in [0, 0.05) is 55.4 Å². The Morgan fingerprint density at radius 1 is 0.923 bits per heavy atom. The van der Waals surface area contributed by atoms with Crippen molar-refractivity contribution in [1.82, 2.24) is 9.80 Å². The number of carbonyl (C=O) groups excluding carboxylic acids is 4. The number of para-hydroxylation sites is 2. The Kier molecular flexibility index (Phi) is 12.8. The zero-order chi connectivity index (χ0) is 37.2. The number of nitrogens with zero attached hydrogens (tertiary/aromatic N) is 2. The molecule has 0 spiro atoms. The van der Waals surface area contributed by atoms with Crippen molar-refractivity contribution in [3.05, 3.63) is 66.2 Å². The van der Waals surface area contributed by atoms with Crippen LogP contribution in [0.2, 0.25) is 0 Å². The molecular formula is C38H48N6O8. The fourth-order valence-electron chi connectivity index (χ4n) is 6.07. The summed E-state index contributed by atoms with van der Waals surface area (Å²) in [7, 11) is 1.67. The molecule has 5 amide bonds. The summed E-state index contributed by atoms with van der Waals surface area (Å²) in [6.07, 6.45) is 1.99. The van der Waals surface area contributed by atoms with Crippen LogP contribution in [0.25, 0.3) is 0 Å². The summed E-state index contributed by atoms with van der Waals surface area (Å²) in [5.41, 5.74) is 8.63. The van der Waals surface area contributed by atoms with Gasteiger partial charge >= 0.3 is 6.03 Å². The third-order valence-electron chi connectivity index (χ3n) is 9.17. The molecule has 2 aliphatic rings. The van der Waals surface area contributed by atoms with E-state index in [1.165, 1.54) is 4.90 Å². The molecule has 0 bridgehead atoms. The minimum Gasteiger partial charge on any atom is -0.488 e. The molecular weight excluding hydrogens is 668 g/mol. The average molecular weight is 717 g/mol. The van der Waals surface area contributed by atoms with Crippen molar-refractivity contribution in [2.24, 2.45) is 5.92 Å². The van der Waals surface area contributed by atoms with Crippen LogP contribution >= 0.6 is 0 Å². The molecule has 0 aromatic heterocycles. The third kappa shape index (κ3) is 10.1. The van der Waals surface area contributed by atoms with E-state index in [-0.39, 0.29) is 62.5 Å². The number of carbonyl (C=O) groups is 4. The molecule has 3 aromatic rings. The lowest BCUT2D eigenvalue weighted by atomic mass is 10.0. The second-order valence-corrected chi connectivity index (χ2v) is 13.3. The highest BCUT2D eigenvalue weighted by molar-refractivity contribution is 5.94. The normalized spacial score (nSPS) is 17.1. The van der Waals surface area contributed by atoms with E-state index < -0.39 is 12.1 Å². The molecule has 278 valence electrons. The summed E-state index contributed by atoms with van der Waals surface area (Å²) in [5, 5.41) is 18.6. The molecule has 5 rings (SSSR count). The Hall–Kier alpha value is -5.50. The number of nitrogen functional groups attached to an aromatic ring is 1. The molecule has 0 saturated carbocycles. The number of fused-ring (bicyclic) bond motifs is 2. The van der Waals surface area contributed by atoms with E-state index in [2.05, 4.69) is 16.0 Å². The van der Waals surface area contributed by atoms with Gasteiger partial charge in [-0.25, -0.2) is 4.79 Å². The molecule has 6 N–H and O–H groups in total. The molecule has 14 nitrogen and oxygen atoms in total. The quantitative estimate of drug-likeness (QED) is 0.122. The fraction of sp³-hybridized carbons (Fsp3) is 0.421. The smallest absolute Gasteiger partial charge is 0.321 e. The highest BCUT2D eigenvalue weighted by atomic mass is 16.7. The molecule has 3 atom stereocenters. The van der Waals surface area contributed by atoms with Crippen LogP contribution in [-0.2, 0) is 20.8 Å². The van der Waals surface area contributed by atoms with Crippen molar-refractivity contribution < 1.29 is 38.5 Å².